The summed E-state index contributed by atoms with van der Waals surface area (Å²) in [6.45, 7) is 2.64. The van der Waals surface area contributed by atoms with E-state index in [1.807, 2.05) is 25.1 Å². The fourth-order valence-corrected chi connectivity index (χ4v) is 3.48. The minimum atomic E-state index is -0.0262. The standard InChI is InChI=1S/C18H16N4O3S/c1-2-9-22-17(23)12-6-3-4-7-13(12)19-18(22)26-11-15-20-21-16(25-15)14-8-5-10-24-14/h3-8,10H,2,9,11H2,1H3. The van der Waals surface area contributed by atoms with E-state index in [0.717, 1.165) is 6.42 Å². The van der Waals surface area contributed by atoms with Gasteiger partial charge < -0.3 is 8.83 Å². The smallest absolute Gasteiger partial charge is 0.283 e. The van der Waals surface area contributed by atoms with Crippen LogP contribution in [0.5, 0.6) is 0 Å². The molecule has 3 heterocycles. The third-order valence-corrected chi connectivity index (χ3v) is 4.76. The first-order chi connectivity index (χ1) is 12.8. The van der Waals surface area contributed by atoms with Gasteiger partial charge in [-0.15, -0.1) is 10.2 Å². The molecule has 0 radical (unpaired) electrons. The van der Waals surface area contributed by atoms with E-state index >= 15 is 0 Å². The highest BCUT2D eigenvalue weighted by Crippen LogP contribution is 2.24. The Balaban J connectivity index is 1.62. The molecule has 1 aromatic carbocycles. The number of hydrogen-bond donors (Lipinski definition) is 0. The van der Waals surface area contributed by atoms with Crippen molar-refractivity contribution in [2.45, 2.75) is 30.8 Å². The van der Waals surface area contributed by atoms with E-state index in [1.165, 1.54) is 11.8 Å². The van der Waals surface area contributed by atoms with Crippen LogP contribution in [0.25, 0.3) is 22.6 Å². The van der Waals surface area contributed by atoms with E-state index in [2.05, 4.69) is 15.2 Å². The van der Waals surface area contributed by atoms with Crippen molar-refractivity contribution in [3.63, 3.8) is 0 Å². The van der Waals surface area contributed by atoms with Crippen molar-refractivity contribution in [3.8, 4) is 11.7 Å². The van der Waals surface area contributed by atoms with Crippen LogP contribution in [0.1, 0.15) is 19.2 Å². The number of nitrogens with zero attached hydrogens (tertiary/aromatic N) is 4. The zero-order valence-corrected chi connectivity index (χ0v) is 14.9. The summed E-state index contributed by atoms with van der Waals surface area (Å²) in [7, 11) is 0. The van der Waals surface area contributed by atoms with Crippen molar-refractivity contribution in [1.29, 1.82) is 0 Å². The zero-order valence-electron chi connectivity index (χ0n) is 14.1. The van der Waals surface area contributed by atoms with Crippen LogP contribution in [-0.4, -0.2) is 19.7 Å². The Morgan fingerprint density at radius 1 is 1.15 bits per heavy atom. The van der Waals surface area contributed by atoms with Gasteiger partial charge in [-0.05, 0) is 30.7 Å². The SMILES string of the molecule is CCCn1c(SCc2nnc(-c3ccco3)o2)nc2ccccc2c1=O. The average molecular weight is 368 g/mol. The molecule has 0 bridgehead atoms. The van der Waals surface area contributed by atoms with Crippen molar-refractivity contribution in [2.24, 2.45) is 0 Å². The Hall–Kier alpha value is -2.87. The Bertz CT molecular complexity index is 1090. The largest absolute Gasteiger partial charge is 0.459 e. The van der Waals surface area contributed by atoms with Gasteiger partial charge >= 0.3 is 0 Å². The monoisotopic (exact) mass is 368 g/mol. The van der Waals surface area contributed by atoms with E-state index in [0.29, 0.717) is 45.9 Å². The molecule has 26 heavy (non-hydrogen) atoms. The topological polar surface area (TPSA) is 86.9 Å². The van der Waals surface area contributed by atoms with Crippen LogP contribution in [0, 0.1) is 0 Å². The summed E-state index contributed by atoms with van der Waals surface area (Å²) in [6.07, 6.45) is 2.40. The highest BCUT2D eigenvalue weighted by molar-refractivity contribution is 7.98. The first-order valence-electron chi connectivity index (χ1n) is 8.25. The number of aromatic nitrogens is 4. The predicted octanol–water partition coefficient (Wildman–Crippen LogP) is 3.74. The number of furan rings is 1. The van der Waals surface area contributed by atoms with E-state index in [9.17, 15) is 4.79 Å². The third-order valence-electron chi connectivity index (χ3n) is 3.80. The molecule has 7 nitrogen and oxygen atoms in total. The maximum Gasteiger partial charge on any atom is 0.283 e. The first kappa shape index (κ1) is 16.6. The molecule has 0 N–H and O–H groups in total. The Labute approximate surface area is 153 Å². The molecular formula is C18H16N4O3S. The van der Waals surface area contributed by atoms with Crippen LogP contribution in [0.2, 0.25) is 0 Å². The number of thioether (sulfide) groups is 1. The molecular weight excluding hydrogens is 352 g/mol. The minimum absolute atomic E-state index is 0.0262. The molecule has 3 aromatic heterocycles. The average Bonchev–Trinajstić information content (AvgIpc) is 3.34. The Morgan fingerprint density at radius 3 is 2.85 bits per heavy atom. The summed E-state index contributed by atoms with van der Waals surface area (Å²) in [4.78, 5) is 17.4. The van der Waals surface area contributed by atoms with Crippen LogP contribution in [0.15, 0.2) is 61.4 Å². The van der Waals surface area contributed by atoms with Crippen LogP contribution < -0.4 is 5.56 Å². The van der Waals surface area contributed by atoms with Gasteiger partial charge in [0.2, 0.25) is 5.89 Å². The lowest BCUT2D eigenvalue weighted by Gasteiger charge is -2.11. The maximum absolute atomic E-state index is 12.8. The van der Waals surface area contributed by atoms with Crippen molar-refractivity contribution < 1.29 is 8.83 Å². The molecule has 0 saturated carbocycles. The lowest BCUT2D eigenvalue weighted by atomic mass is 10.2. The van der Waals surface area contributed by atoms with Gasteiger partial charge in [0.05, 0.1) is 22.9 Å². The van der Waals surface area contributed by atoms with Gasteiger partial charge in [0, 0.05) is 6.54 Å². The second kappa shape index (κ2) is 7.17. The molecule has 0 fully saturated rings. The molecule has 0 atom stereocenters. The van der Waals surface area contributed by atoms with E-state index in [-0.39, 0.29) is 5.56 Å². The molecule has 0 aliphatic carbocycles. The Morgan fingerprint density at radius 2 is 2.04 bits per heavy atom. The minimum Gasteiger partial charge on any atom is -0.459 e. The predicted molar refractivity (Wildman–Crippen MR) is 97.9 cm³/mol. The van der Waals surface area contributed by atoms with Gasteiger partial charge in [-0.2, -0.15) is 0 Å². The summed E-state index contributed by atoms with van der Waals surface area (Å²) in [5.41, 5.74) is 0.663. The number of fused-ring (bicyclic) bond motifs is 1. The number of hydrogen-bond acceptors (Lipinski definition) is 7. The second-order valence-corrected chi connectivity index (χ2v) is 6.58. The maximum atomic E-state index is 12.8. The summed E-state index contributed by atoms with van der Waals surface area (Å²) in [5.74, 6) is 1.73. The number of para-hydroxylation sites is 1. The number of benzene rings is 1. The van der Waals surface area contributed by atoms with Gasteiger partial charge in [0.25, 0.3) is 11.4 Å². The van der Waals surface area contributed by atoms with Gasteiger partial charge in [0.15, 0.2) is 10.9 Å². The van der Waals surface area contributed by atoms with Crippen molar-refractivity contribution in [1.82, 2.24) is 19.7 Å². The van der Waals surface area contributed by atoms with Gasteiger partial charge in [-0.25, -0.2) is 4.98 Å². The van der Waals surface area contributed by atoms with Crippen molar-refractivity contribution in [3.05, 3.63) is 58.9 Å². The van der Waals surface area contributed by atoms with Crippen LogP contribution in [-0.2, 0) is 12.3 Å². The molecule has 8 heteroatoms. The normalized spacial score (nSPS) is 11.3. The molecule has 0 aliphatic rings. The summed E-state index contributed by atoms with van der Waals surface area (Å²) < 4.78 is 12.6. The molecule has 0 saturated heterocycles. The quantitative estimate of drug-likeness (QED) is 0.378. The zero-order chi connectivity index (χ0) is 17.9. The van der Waals surface area contributed by atoms with E-state index in [4.69, 9.17) is 8.83 Å². The van der Waals surface area contributed by atoms with Crippen LogP contribution in [0.4, 0.5) is 0 Å². The molecule has 0 aliphatic heterocycles. The molecule has 4 aromatic rings. The molecule has 0 unspecified atom stereocenters. The summed E-state index contributed by atoms with van der Waals surface area (Å²) >= 11 is 1.40. The molecule has 0 amide bonds. The fourth-order valence-electron chi connectivity index (χ4n) is 2.62. The van der Waals surface area contributed by atoms with Gasteiger partial charge in [-0.3, -0.25) is 9.36 Å². The summed E-state index contributed by atoms with van der Waals surface area (Å²) in [5, 5.41) is 9.29. The van der Waals surface area contributed by atoms with Crippen molar-refractivity contribution >= 4 is 22.7 Å². The number of rotatable bonds is 6. The lowest BCUT2D eigenvalue weighted by molar-refractivity contribution is 0.494. The molecule has 4 rings (SSSR count). The second-order valence-electron chi connectivity index (χ2n) is 5.64. The summed E-state index contributed by atoms with van der Waals surface area (Å²) in [6, 6.07) is 10.9. The molecule has 132 valence electrons. The van der Waals surface area contributed by atoms with E-state index in [1.54, 1.807) is 29.0 Å². The van der Waals surface area contributed by atoms with E-state index < -0.39 is 0 Å². The van der Waals surface area contributed by atoms with Gasteiger partial charge in [0.1, 0.15) is 0 Å². The first-order valence-corrected chi connectivity index (χ1v) is 9.23. The fraction of sp³-hybridized carbons (Fsp3) is 0.222. The van der Waals surface area contributed by atoms with Crippen LogP contribution >= 0.6 is 11.8 Å². The Kier molecular flexibility index (Phi) is 4.57. The lowest BCUT2D eigenvalue weighted by Crippen LogP contribution is -2.23. The van der Waals surface area contributed by atoms with Crippen LogP contribution in [0.3, 0.4) is 0 Å². The van der Waals surface area contributed by atoms with Crippen molar-refractivity contribution in [2.75, 3.05) is 0 Å². The van der Waals surface area contributed by atoms with Gasteiger partial charge in [-0.1, -0.05) is 30.8 Å². The third kappa shape index (κ3) is 3.15. The molecule has 0 spiro atoms. The highest BCUT2D eigenvalue weighted by atomic mass is 32.2. The highest BCUT2D eigenvalue weighted by Gasteiger charge is 2.14.